The van der Waals surface area contributed by atoms with Gasteiger partial charge in [0.1, 0.15) is 5.69 Å². The van der Waals surface area contributed by atoms with Gasteiger partial charge in [0.15, 0.2) is 5.69 Å². The van der Waals surface area contributed by atoms with E-state index in [0.29, 0.717) is 15.8 Å². The molecule has 0 aliphatic rings. The van der Waals surface area contributed by atoms with E-state index in [0.717, 1.165) is 28.2 Å². The summed E-state index contributed by atoms with van der Waals surface area (Å²) in [7, 11) is 0. The topological polar surface area (TPSA) is 115 Å². The minimum absolute atomic E-state index is 0.0955. The smallest absolute Gasteiger partial charge is 0.266 e. The number of nitrogens with zero attached hydrogens (tertiary/aromatic N) is 5. The molecule has 0 fully saturated rings. The molecule has 9 nitrogen and oxygen atoms in total. The van der Waals surface area contributed by atoms with Crippen LogP contribution in [0.15, 0.2) is 83.3 Å². The molecule has 0 unspecified atom stereocenters. The fourth-order valence-corrected chi connectivity index (χ4v) is 4.36. The molecular weight excluding hydrogens is 521 g/mol. The van der Waals surface area contributed by atoms with Crippen LogP contribution in [0.4, 0.5) is 18.9 Å². The average molecular weight is 536 g/mol. The first kappa shape index (κ1) is 24.8. The van der Waals surface area contributed by atoms with Crippen LogP contribution in [0.2, 0.25) is 0 Å². The number of fused-ring (bicyclic) bond motifs is 1. The van der Waals surface area contributed by atoms with E-state index < -0.39 is 22.7 Å². The van der Waals surface area contributed by atoms with E-state index in [1.807, 2.05) is 24.3 Å². The fraction of sp³-hybridized carbons (Fsp3) is 0.0400. The molecular formula is C25H15F3N6O3S. The van der Waals surface area contributed by atoms with Crippen LogP contribution >= 0.6 is 11.3 Å². The highest BCUT2D eigenvalue weighted by Crippen LogP contribution is 2.35. The predicted octanol–water partition coefficient (Wildman–Crippen LogP) is 5.84. The van der Waals surface area contributed by atoms with Gasteiger partial charge in [-0.05, 0) is 40.6 Å². The maximum atomic E-state index is 13.9. The molecule has 1 N–H and O–H groups in total. The molecule has 5 rings (SSSR count). The van der Waals surface area contributed by atoms with Crippen LogP contribution < -0.4 is 5.43 Å². The molecule has 38 heavy (non-hydrogen) atoms. The van der Waals surface area contributed by atoms with Crippen molar-refractivity contribution >= 4 is 39.9 Å². The molecule has 0 saturated heterocycles. The van der Waals surface area contributed by atoms with Gasteiger partial charge in [-0.2, -0.15) is 23.4 Å². The van der Waals surface area contributed by atoms with Crippen molar-refractivity contribution in [3.8, 4) is 16.4 Å². The summed E-state index contributed by atoms with van der Waals surface area (Å²) in [5.41, 5.74) is 2.05. The Hall–Kier alpha value is -4.91. The third kappa shape index (κ3) is 5.13. The number of hydrogen-bond donors (Lipinski definition) is 1. The number of hydrogen-bond acceptors (Lipinski definition) is 7. The minimum Gasteiger partial charge on any atom is -0.266 e. The van der Waals surface area contributed by atoms with Crippen molar-refractivity contribution in [3.63, 3.8) is 0 Å². The molecule has 1 amide bonds. The molecule has 0 saturated carbocycles. The van der Waals surface area contributed by atoms with E-state index in [-0.39, 0.29) is 22.2 Å². The highest BCUT2D eigenvalue weighted by atomic mass is 32.1. The third-order valence-electron chi connectivity index (χ3n) is 5.43. The number of alkyl halides is 3. The van der Waals surface area contributed by atoms with Gasteiger partial charge < -0.3 is 0 Å². The molecule has 2 heterocycles. The second-order valence-corrected chi connectivity index (χ2v) is 8.79. The number of non-ortho nitro benzene ring substituents is 1. The molecule has 0 aliphatic carbocycles. The largest absolute Gasteiger partial charge is 0.433 e. The first-order chi connectivity index (χ1) is 18.2. The van der Waals surface area contributed by atoms with Crippen LogP contribution in [-0.4, -0.2) is 31.8 Å². The molecule has 13 heteroatoms. The normalized spacial score (nSPS) is 11.8. The van der Waals surface area contributed by atoms with E-state index in [2.05, 4.69) is 20.6 Å². The zero-order chi connectivity index (χ0) is 26.9. The van der Waals surface area contributed by atoms with Gasteiger partial charge in [-0.1, -0.05) is 36.4 Å². The number of rotatable bonds is 6. The summed E-state index contributed by atoms with van der Waals surface area (Å²) >= 11 is 0.819. The molecule has 0 atom stereocenters. The number of halogens is 3. The first-order valence-corrected chi connectivity index (χ1v) is 11.8. The Labute approximate surface area is 216 Å². The summed E-state index contributed by atoms with van der Waals surface area (Å²) < 4.78 is 42.2. The Bertz CT molecular complexity index is 1690. The molecule has 0 bridgehead atoms. The van der Waals surface area contributed by atoms with E-state index in [1.165, 1.54) is 35.9 Å². The summed E-state index contributed by atoms with van der Waals surface area (Å²) in [4.78, 5) is 26.6. The van der Waals surface area contributed by atoms with E-state index >= 15 is 0 Å². The number of carbonyl (C=O) groups excluding carboxylic acids is 1. The van der Waals surface area contributed by atoms with Crippen molar-refractivity contribution in [3.05, 3.63) is 105 Å². The van der Waals surface area contributed by atoms with E-state index in [9.17, 15) is 28.1 Å². The van der Waals surface area contributed by atoms with Crippen LogP contribution in [0.3, 0.4) is 0 Å². The Balaban J connectivity index is 1.38. The lowest BCUT2D eigenvalue weighted by Crippen LogP contribution is -2.18. The summed E-state index contributed by atoms with van der Waals surface area (Å²) in [5, 5.41) is 21.6. The SMILES string of the molecule is O=C(N/N=C/c1ccc([N+](=O)[O-])cc1)c1csc(-n2nc(-c3ccc4ccccc4c3)cc2C(F)(F)F)n1. The van der Waals surface area contributed by atoms with Crippen LogP contribution in [0.25, 0.3) is 27.2 Å². The Morgan fingerprint density at radius 3 is 2.50 bits per heavy atom. The number of hydrazone groups is 1. The van der Waals surface area contributed by atoms with Gasteiger partial charge in [-0.25, -0.2) is 15.1 Å². The highest BCUT2D eigenvalue weighted by molar-refractivity contribution is 7.12. The summed E-state index contributed by atoms with van der Waals surface area (Å²) in [6.45, 7) is 0. The van der Waals surface area contributed by atoms with Crippen molar-refractivity contribution < 1.29 is 22.9 Å². The monoisotopic (exact) mass is 536 g/mol. The second kappa shape index (κ2) is 9.86. The molecule has 3 aromatic carbocycles. The van der Waals surface area contributed by atoms with Crippen molar-refractivity contribution in [1.82, 2.24) is 20.2 Å². The standard InChI is InChI=1S/C25H15F3N6O3S/c26-25(27,28)22-12-20(18-8-7-16-3-1-2-4-17(16)11-18)32-33(22)24-30-21(14-38-24)23(35)31-29-13-15-5-9-19(10-6-15)34(36)37/h1-14H,(H,31,35)/b29-13+. The third-order valence-corrected chi connectivity index (χ3v) is 6.25. The van der Waals surface area contributed by atoms with E-state index in [1.54, 1.807) is 18.2 Å². The Morgan fingerprint density at radius 1 is 1.05 bits per heavy atom. The zero-order valence-corrected chi connectivity index (χ0v) is 19.9. The number of amides is 1. The molecule has 0 radical (unpaired) electrons. The van der Waals surface area contributed by atoms with E-state index in [4.69, 9.17) is 0 Å². The van der Waals surface area contributed by atoms with Gasteiger partial charge in [0.25, 0.3) is 11.6 Å². The summed E-state index contributed by atoms with van der Waals surface area (Å²) in [6, 6.07) is 19.1. The molecule has 0 spiro atoms. The maximum Gasteiger partial charge on any atom is 0.433 e. The predicted molar refractivity (Wildman–Crippen MR) is 135 cm³/mol. The molecule has 2 aromatic heterocycles. The number of thiazole rings is 1. The van der Waals surface area contributed by atoms with Crippen LogP contribution in [-0.2, 0) is 6.18 Å². The zero-order valence-electron chi connectivity index (χ0n) is 19.1. The number of nitrogens with one attached hydrogen (secondary N) is 1. The molecule has 5 aromatic rings. The maximum absolute atomic E-state index is 13.9. The average Bonchev–Trinajstić information content (AvgIpc) is 3.57. The lowest BCUT2D eigenvalue weighted by atomic mass is 10.1. The Kier molecular flexibility index (Phi) is 6.43. The van der Waals surface area contributed by atoms with Crippen LogP contribution in [0.5, 0.6) is 0 Å². The number of benzene rings is 3. The van der Waals surface area contributed by atoms with Crippen LogP contribution in [0, 0.1) is 10.1 Å². The second-order valence-electron chi connectivity index (χ2n) is 7.95. The van der Waals surface area contributed by atoms with Gasteiger partial charge in [0.2, 0.25) is 5.13 Å². The number of aromatic nitrogens is 3. The lowest BCUT2D eigenvalue weighted by molar-refractivity contribution is -0.384. The van der Waals surface area contributed by atoms with Gasteiger partial charge in [0, 0.05) is 23.1 Å². The first-order valence-electron chi connectivity index (χ1n) is 10.9. The minimum atomic E-state index is -4.72. The van der Waals surface area contributed by atoms with Crippen molar-refractivity contribution in [2.75, 3.05) is 0 Å². The van der Waals surface area contributed by atoms with Gasteiger partial charge in [-0.3, -0.25) is 14.9 Å². The lowest BCUT2D eigenvalue weighted by Gasteiger charge is -2.06. The highest BCUT2D eigenvalue weighted by Gasteiger charge is 2.37. The summed E-state index contributed by atoms with van der Waals surface area (Å²) in [5.74, 6) is -0.749. The molecule has 0 aliphatic heterocycles. The number of carbonyl (C=O) groups is 1. The number of nitro groups is 1. The van der Waals surface area contributed by atoms with Gasteiger partial charge in [-0.15, -0.1) is 11.3 Å². The fourth-order valence-electron chi connectivity index (χ4n) is 3.59. The van der Waals surface area contributed by atoms with Gasteiger partial charge in [0.05, 0.1) is 16.8 Å². The van der Waals surface area contributed by atoms with Crippen molar-refractivity contribution in [2.45, 2.75) is 6.18 Å². The Morgan fingerprint density at radius 2 is 1.79 bits per heavy atom. The number of nitro benzene ring substituents is 1. The van der Waals surface area contributed by atoms with Crippen LogP contribution in [0.1, 0.15) is 21.7 Å². The van der Waals surface area contributed by atoms with Crippen molar-refractivity contribution in [1.29, 1.82) is 0 Å². The quantitative estimate of drug-likeness (QED) is 0.166. The summed E-state index contributed by atoms with van der Waals surface area (Å²) in [6.07, 6.45) is -3.45. The molecule has 190 valence electrons. The van der Waals surface area contributed by atoms with Gasteiger partial charge >= 0.3 is 6.18 Å². The van der Waals surface area contributed by atoms with Crippen molar-refractivity contribution in [2.24, 2.45) is 5.10 Å².